The van der Waals surface area contributed by atoms with Crippen molar-refractivity contribution >= 4 is 42.3 Å². The number of aliphatic hydroxyl groups excluding tert-OH is 1. The molecule has 0 aliphatic carbocycles. The van der Waals surface area contributed by atoms with Gasteiger partial charge in [0.2, 0.25) is 17.7 Å². The topological polar surface area (TPSA) is 261 Å². The smallest absolute Gasteiger partial charge is 0.327 e. The fourth-order valence-corrected chi connectivity index (χ4v) is 2.86. The number of carboxylic acid groups (broad SMARTS) is 1. The molecule has 0 radical (unpaired) electrons. The van der Waals surface area contributed by atoms with Crippen LogP contribution in [0.2, 0.25) is 0 Å². The number of nitrogens with two attached hydrogens (primary N) is 4. The van der Waals surface area contributed by atoms with Crippen LogP contribution in [-0.2, 0) is 19.2 Å². The van der Waals surface area contributed by atoms with Gasteiger partial charge in [-0.3, -0.25) is 19.4 Å². The Labute approximate surface area is 197 Å². The summed E-state index contributed by atoms with van der Waals surface area (Å²) >= 11 is 3.88. The number of amides is 3. The number of aliphatic imine (C=N–C) groups is 1. The Hall–Kier alpha value is -2.62. The van der Waals surface area contributed by atoms with Crippen LogP contribution in [0.1, 0.15) is 32.1 Å². The Balaban J connectivity index is 5.19. The number of carboxylic acids is 1. The summed E-state index contributed by atoms with van der Waals surface area (Å²) in [5.41, 5.74) is 21.7. The number of thiol groups is 1. The van der Waals surface area contributed by atoms with Crippen LogP contribution >= 0.6 is 12.6 Å². The molecule has 0 spiro atoms. The minimum absolute atomic E-state index is 0.0535. The van der Waals surface area contributed by atoms with Crippen molar-refractivity contribution in [2.24, 2.45) is 27.9 Å². The Kier molecular flexibility index (Phi) is 15.6. The van der Waals surface area contributed by atoms with E-state index < -0.39 is 54.5 Å². The number of carbonyl (C=O) groups is 4. The number of aliphatic carboxylic acids is 1. The number of nitrogens with zero attached hydrogens (tertiary/aromatic N) is 1. The van der Waals surface area contributed by atoms with Crippen LogP contribution in [0.4, 0.5) is 0 Å². The number of carbonyl (C=O) groups excluding carboxylic acids is 3. The molecule has 13 N–H and O–H groups in total. The van der Waals surface area contributed by atoms with Crippen LogP contribution in [0.25, 0.3) is 0 Å². The van der Waals surface area contributed by atoms with Crippen LogP contribution in [0, 0.1) is 0 Å². The van der Waals surface area contributed by atoms with E-state index in [1.807, 2.05) is 0 Å². The lowest BCUT2D eigenvalue weighted by Gasteiger charge is -2.24. The zero-order valence-electron chi connectivity index (χ0n) is 18.4. The van der Waals surface area contributed by atoms with Gasteiger partial charge >= 0.3 is 5.97 Å². The molecule has 15 heteroatoms. The van der Waals surface area contributed by atoms with Gasteiger partial charge < -0.3 is 49.1 Å². The molecule has 0 saturated carbocycles. The first kappa shape index (κ1) is 30.4. The Morgan fingerprint density at radius 1 is 0.879 bits per heavy atom. The van der Waals surface area contributed by atoms with E-state index in [1.54, 1.807) is 0 Å². The second-order valence-electron chi connectivity index (χ2n) is 7.23. The molecule has 3 amide bonds. The van der Waals surface area contributed by atoms with Crippen LogP contribution in [-0.4, -0.2) is 89.5 Å². The first-order valence-corrected chi connectivity index (χ1v) is 11.1. The summed E-state index contributed by atoms with van der Waals surface area (Å²) in [6.45, 7) is -0.128. The molecule has 0 aromatic rings. The Bertz CT molecular complexity index is 676. The highest BCUT2D eigenvalue weighted by Crippen LogP contribution is 2.03. The molecule has 0 saturated heterocycles. The highest BCUT2D eigenvalue weighted by atomic mass is 32.1. The number of aliphatic hydroxyl groups is 1. The van der Waals surface area contributed by atoms with Gasteiger partial charge in [-0.1, -0.05) is 6.42 Å². The number of hydrogen-bond acceptors (Lipinski definition) is 9. The minimum Gasteiger partial charge on any atom is -0.480 e. The molecule has 33 heavy (non-hydrogen) atoms. The van der Waals surface area contributed by atoms with Crippen molar-refractivity contribution in [3.63, 3.8) is 0 Å². The second-order valence-corrected chi connectivity index (χ2v) is 7.59. The third-order valence-corrected chi connectivity index (χ3v) is 4.86. The number of guanidine groups is 1. The summed E-state index contributed by atoms with van der Waals surface area (Å²) in [6.07, 6.45) is 1.98. The zero-order valence-corrected chi connectivity index (χ0v) is 19.3. The fourth-order valence-electron chi connectivity index (χ4n) is 2.62. The number of nitrogens with one attached hydrogen (secondary N) is 3. The van der Waals surface area contributed by atoms with Crippen molar-refractivity contribution < 1.29 is 29.4 Å². The highest BCUT2D eigenvalue weighted by molar-refractivity contribution is 7.80. The van der Waals surface area contributed by atoms with Crippen LogP contribution in [0.15, 0.2) is 4.99 Å². The molecule has 0 rings (SSSR count). The van der Waals surface area contributed by atoms with Crippen molar-refractivity contribution in [2.45, 2.75) is 56.3 Å². The summed E-state index contributed by atoms with van der Waals surface area (Å²) < 4.78 is 0. The quantitative estimate of drug-likeness (QED) is 0.0406. The largest absolute Gasteiger partial charge is 0.480 e. The number of rotatable bonds is 17. The SMILES string of the molecule is NCCCCC(N)C(=O)NC(CO)C(=O)NC(CCCN=C(N)N)C(=O)NC(CS)C(=O)O. The van der Waals surface area contributed by atoms with E-state index in [2.05, 4.69) is 33.6 Å². The lowest BCUT2D eigenvalue weighted by Crippen LogP contribution is -2.58. The van der Waals surface area contributed by atoms with Gasteiger partial charge in [0.1, 0.15) is 18.1 Å². The predicted molar refractivity (Wildman–Crippen MR) is 125 cm³/mol. The monoisotopic (exact) mass is 492 g/mol. The van der Waals surface area contributed by atoms with Gasteiger partial charge in [0, 0.05) is 12.3 Å². The van der Waals surface area contributed by atoms with E-state index >= 15 is 0 Å². The van der Waals surface area contributed by atoms with Gasteiger partial charge in [-0.05, 0) is 32.2 Å². The molecule has 14 nitrogen and oxygen atoms in total. The van der Waals surface area contributed by atoms with E-state index in [4.69, 9.17) is 28.0 Å². The molecule has 0 aromatic carbocycles. The van der Waals surface area contributed by atoms with Gasteiger partial charge in [0.25, 0.3) is 0 Å². The predicted octanol–water partition coefficient (Wildman–Crippen LogP) is -4.04. The standard InChI is InChI=1S/C18H36N8O6S/c19-6-2-1-4-10(20)14(28)25-12(8-27)16(30)24-11(5-3-7-23-18(21)22)15(29)26-13(9-33)17(31)32/h10-13,27,33H,1-9,19-20H2,(H,24,30)(H,25,28)(H,26,29)(H,31,32)(H4,21,22,23). The van der Waals surface area contributed by atoms with E-state index in [0.717, 1.165) is 0 Å². The third-order valence-electron chi connectivity index (χ3n) is 4.50. The van der Waals surface area contributed by atoms with Crippen molar-refractivity contribution in [1.82, 2.24) is 16.0 Å². The van der Waals surface area contributed by atoms with E-state index in [-0.39, 0.29) is 31.1 Å². The number of hydrogen-bond donors (Lipinski definition) is 10. The van der Waals surface area contributed by atoms with E-state index in [9.17, 15) is 24.3 Å². The summed E-state index contributed by atoms with van der Waals surface area (Å²) in [5, 5.41) is 25.7. The summed E-state index contributed by atoms with van der Waals surface area (Å²) in [7, 11) is 0. The second kappa shape index (κ2) is 16.9. The fraction of sp³-hybridized carbons (Fsp3) is 0.722. The van der Waals surface area contributed by atoms with Gasteiger partial charge in [0.15, 0.2) is 5.96 Å². The maximum Gasteiger partial charge on any atom is 0.327 e. The van der Waals surface area contributed by atoms with Gasteiger partial charge in [0.05, 0.1) is 12.6 Å². The minimum atomic E-state index is -1.37. The third kappa shape index (κ3) is 12.9. The molecule has 0 fully saturated rings. The lowest BCUT2D eigenvalue weighted by atomic mass is 10.1. The molecule has 0 aromatic heterocycles. The van der Waals surface area contributed by atoms with Crippen molar-refractivity contribution in [1.29, 1.82) is 0 Å². The van der Waals surface area contributed by atoms with Crippen LogP contribution in [0.5, 0.6) is 0 Å². The van der Waals surface area contributed by atoms with Crippen molar-refractivity contribution in [3.05, 3.63) is 0 Å². The summed E-state index contributed by atoms with van der Waals surface area (Å²) in [6, 6.07) is -4.73. The normalized spacial score (nSPS) is 14.3. The number of unbranched alkanes of at least 4 members (excludes halogenated alkanes) is 1. The van der Waals surface area contributed by atoms with E-state index in [0.29, 0.717) is 25.8 Å². The molecule has 0 aliphatic rings. The Morgan fingerprint density at radius 2 is 1.45 bits per heavy atom. The average molecular weight is 493 g/mol. The molecule has 4 unspecified atom stereocenters. The molecule has 190 valence electrons. The molecule has 0 bridgehead atoms. The molecular formula is C18H36N8O6S. The van der Waals surface area contributed by atoms with Crippen LogP contribution < -0.4 is 38.9 Å². The van der Waals surface area contributed by atoms with Crippen LogP contribution in [0.3, 0.4) is 0 Å². The molecule has 0 heterocycles. The average Bonchev–Trinajstić information content (AvgIpc) is 2.76. The van der Waals surface area contributed by atoms with E-state index in [1.165, 1.54) is 0 Å². The highest BCUT2D eigenvalue weighted by Gasteiger charge is 2.29. The maximum absolute atomic E-state index is 12.6. The molecular weight excluding hydrogens is 456 g/mol. The van der Waals surface area contributed by atoms with Gasteiger partial charge in [-0.25, -0.2) is 4.79 Å². The maximum atomic E-state index is 12.6. The zero-order chi connectivity index (χ0) is 25.4. The first-order chi connectivity index (χ1) is 15.6. The molecule has 4 atom stereocenters. The van der Waals surface area contributed by atoms with Crippen molar-refractivity contribution in [3.8, 4) is 0 Å². The van der Waals surface area contributed by atoms with Crippen molar-refractivity contribution in [2.75, 3.05) is 25.4 Å². The first-order valence-electron chi connectivity index (χ1n) is 10.4. The molecule has 0 aliphatic heterocycles. The van der Waals surface area contributed by atoms with Gasteiger partial charge in [-0.15, -0.1) is 0 Å². The Morgan fingerprint density at radius 3 is 1.97 bits per heavy atom. The summed E-state index contributed by atoms with van der Waals surface area (Å²) in [5.74, 6) is -3.89. The summed E-state index contributed by atoms with van der Waals surface area (Å²) in [4.78, 5) is 52.4. The lowest BCUT2D eigenvalue weighted by molar-refractivity contribution is -0.141. The van der Waals surface area contributed by atoms with Gasteiger partial charge in [-0.2, -0.15) is 12.6 Å².